The van der Waals surface area contributed by atoms with Crippen molar-refractivity contribution in [3.63, 3.8) is 0 Å². The highest BCUT2D eigenvalue weighted by Gasteiger charge is 2.26. The maximum Gasteiger partial charge on any atom is 0.0476 e. The van der Waals surface area contributed by atoms with E-state index in [9.17, 15) is 0 Å². The van der Waals surface area contributed by atoms with Crippen LogP contribution in [0.25, 0.3) is 0 Å². The zero-order valence-electron chi connectivity index (χ0n) is 9.58. The molecule has 1 fully saturated rings. The van der Waals surface area contributed by atoms with E-state index in [1.807, 2.05) is 11.8 Å². The highest BCUT2D eigenvalue weighted by molar-refractivity contribution is 7.99. The van der Waals surface area contributed by atoms with Crippen molar-refractivity contribution in [1.82, 2.24) is 5.32 Å². The van der Waals surface area contributed by atoms with E-state index in [1.54, 1.807) is 7.11 Å². The van der Waals surface area contributed by atoms with Crippen molar-refractivity contribution in [1.29, 1.82) is 0 Å². The van der Waals surface area contributed by atoms with Crippen LogP contribution in [0, 0.1) is 0 Å². The number of methoxy groups -OCH3 is 1. The molecule has 1 saturated carbocycles. The summed E-state index contributed by atoms with van der Waals surface area (Å²) in [5.74, 6) is 0. The molecular formula is C11H23NOS. The lowest BCUT2D eigenvalue weighted by Gasteiger charge is -2.23. The Morgan fingerprint density at radius 2 is 2.29 bits per heavy atom. The molecule has 0 aromatic rings. The SMILES string of the molecule is COCCC(C)NC1CCCC1SC. The van der Waals surface area contributed by atoms with Gasteiger partial charge in [0.15, 0.2) is 0 Å². The quantitative estimate of drug-likeness (QED) is 0.737. The summed E-state index contributed by atoms with van der Waals surface area (Å²) in [6.07, 6.45) is 7.47. The van der Waals surface area contributed by atoms with Gasteiger partial charge in [0.2, 0.25) is 0 Å². The van der Waals surface area contributed by atoms with Crippen LogP contribution in [0.5, 0.6) is 0 Å². The second-order valence-corrected chi connectivity index (χ2v) is 5.24. The van der Waals surface area contributed by atoms with Gasteiger partial charge < -0.3 is 10.1 Å². The molecule has 0 heterocycles. The molecule has 3 heteroatoms. The molecule has 0 aromatic heterocycles. The molecular weight excluding hydrogens is 194 g/mol. The van der Waals surface area contributed by atoms with Gasteiger partial charge in [0.1, 0.15) is 0 Å². The van der Waals surface area contributed by atoms with E-state index in [4.69, 9.17) is 4.74 Å². The van der Waals surface area contributed by atoms with Gasteiger partial charge in [0.25, 0.3) is 0 Å². The van der Waals surface area contributed by atoms with Gasteiger partial charge in [-0.15, -0.1) is 0 Å². The van der Waals surface area contributed by atoms with Crippen molar-refractivity contribution in [2.75, 3.05) is 20.0 Å². The van der Waals surface area contributed by atoms with Gasteiger partial charge in [-0.3, -0.25) is 0 Å². The summed E-state index contributed by atoms with van der Waals surface area (Å²) < 4.78 is 5.08. The van der Waals surface area contributed by atoms with E-state index in [-0.39, 0.29) is 0 Å². The molecule has 0 aromatic carbocycles. The number of rotatable bonds is 6. The molecule has 1 N–H and O–H groups in total. The van der Waals surface area contributed by atoms with Crippen molar-refractivity contribution in [2.45, 2.75) is 49.9 Å². The highest BCUT2D eigenvalue weighted by Crippen LogP contribution is 2.28. The predicted molar refractivity (Wildman–Crippen MR) is 64.0 cm³/mol. The molecule has 0 amide bonds. The van der Waals surface area contributed by atoms with Gasteiger partial charge >= 0.3 is 0 Å². The summed E-state index contributed by atoms with van der Waals surface area (Å²) in [6, 6.07) is 1.32. The normalized spacial score (nSPS) is 29.4. The summed E-state index contributed by atoms with van der Waals surface area (Å²) >= 11 is 2.01. The third-order valence-corrected chi connectivity index (χ3v) is 4.18. The van der Waals surface area contributed by atoms with Crippen molar-refractivity contribution in [3.8, 4) is 0 Å². The fourth-order valence-electron chi connectivity index (χ4n) is 2.14. The number of ether oxygens (including phenoxy) is 1. The van der Waals surface area contributed by atoms with Crippen LogP contribution in [-0.4, -0.2) is 37.3 Å². The molecule has 1 rings (SSSR count). The fraction of sp³-hybridized carbons (Fsp3) is 1.00. The van der Waals surface area contributed by atoms with E-state index in [0.717, 1.165) is 24.3 Å². The van der Waals surface area contributed by atoms with Crippen molar-refractivity contribution >= 4 is 11.8 Å². The summed E-state index contributed by atoms with van der Waals surface area (Å²) in [7, 11) is 1.77. The van der Waals surface area contributed by atoms with Crippen LogP contribution in [0.15, 0.2) is 0 Å². The van der Waals surface area contributed by atoms with Crippen LogP contribution in [0.2, 0.25) is 0 Å². The van der Waals surface area contributed by atoms with Crippen LogP contribution < -0.4 is 5.32 Å². The monoisotopic (exact) mass is 217 g/mol. The Balaban J connectivity index is 2.21. The molecule has 3 unspecified atom stereocenters. The maximum absolute atomic E-state index is 5.08. The Bertz CT molecular complexity index is 154. The summed E-state index contributed by atoms with van der Waals surface area (Å²) in [5.41, 5.74) is 0. The van der Waals surface area contributed by atoms with E-state index in [2.05, 4.69) is 18.5 Å². The molecule has 1 aliphatic carbocycles. The lowest BCUT2D eigenvalue weighted by molar-refractivity contribution is 0.183. The third-order valence-electron chi connectivity index (χ3n) is 3.01. The first-order chi connectivity index (χ1) is 6.77. The Morgan fingerprint density at radius 3 is 2.93 bits per heavy atom. The van der Waals surface area contributed by atoms with Crippen molar-refractivity contribution in [2.24, 2.45) is 0 Å². The summed E-state index contributed by atoms with van der Waals surface area (Å²) in [4.78, 5) is 0. The van der Waals surface area contributed by atoms with E-state index in [0.29, 0.717) is 6.04 Å². The summed E-state index contributed by atoms with van der Waals surface area (Å²) in [6.45, 7) is 3.12. The lowest BCUT2D eigenvalue weighted by Crippen LogP contribution is -2.40. The fourth-order valence-corrected chi connectivity index (χ4v) is 3.09. The van der Waals surface area contributed by atoms with Crippen molar-refractivity contribution < 1.29 is 4.74 Å². The van der Waals surface area contributed by atoms with Gasteiger partial charge in [0, 0.05) is 31.1 Å². The summed E-state index contributed by atoms with van der Waals surface area (Å²) in [5, 5.41) is 4.55. The topological polar surface area (TPSA) is 21.3 Å². The highest BCUT2D eigenvalue weighted by atomic mass is 32.2. The zero-order chi connectivity index (χ0) is 10.4. The van der Waals surface area contributed by atoms with Crippen molar-refractivity contribution in [3.05, 3.63) is 0 Å². The molecule has 0 aliphatic heterocycles. The van der Waals surface area contributed by atoms with Gasteiger partial charge in [-0.2, -0.15) is 11.8 Å². The van der Waals surface area contributed by atoms with Crippen LogP contribution in [0.4, 0.5) is 0 Å². The van der Waals surface area contributed by atoms with Crippen LogP contribution in [-0.2, 0) is 4.74 Å². The minimum absolute atomic E-state index is 0.590. The van der Waals surface area contributed by atoms with Gasteiger partial charge in [0.05, 0.1) is 0 Å². The molecule has 0 radical (unpaired) electrons. The number of hydrogen-bond acceptors (Lipinski definition) is 3. The minimum Gasteiger partial charge on any atom is -0.385 e. The molecule has 3 atom stereocenters. The molecule has 0 saturated heterocycles. The van der Waals surface area contributed by atoms with E-state index in [1.165, 1.54) is 19.3 Å². The van der Waals surface area contributed by atoms with Crippen LogP contribution >= 0.6 is 11.8 Å². The van der Waals surface area contributed by atoms with E-state index < -0.39 is 0 Å². The van der Waals surface area contributed by atoms with Gasteiger partial charge in [-0.25, -0.2) is 0 Å². The molecule has 0 spiro atoms. The molecule has 14 heavy (non-hydrogen) atoms. The largest absolute Gasteiger partial charge is 0.385 e. The Hall–Kier alpha value is 0.270. The Labute approximate surface area is 92.2 Å². The predicted octanol–water partition coefficient (Wildman–Crippen LogP) is 2.29. The van der Waals surface area contributed by atoms with Gasteiger partial charge in [-0.1, -0.05) is 6.42 Å². The average molecular weight is 217 g/mol. The standard InChI is InChI=1S/C11H23NOS/c1-9(7-8-13-2)12-10-5-4-6-11(10)14-3/h9-12H,4-8H2,1-3H3. The van der Waals surface area contributed by atoms with Crippen LogP contribution in [0.1, 0.15) is 32.6 Å². The number of nitrogens with one attached hydrogen (secondary N) is 1. The Kier molecular flexibility index (Phi) is 5.90. The van der Waals surface area contributed by atoms with Gasteiger partial charge in [-0.05, 0) is 32.4 Å². The zero-order valence-corrected chi connectivity index (χ0v) is 10.4. The lowest BCUT2D eigenvalue weighted by atomic mass is 10.2. The minimum atomic E-state index is 0.590. The first-order valence-electron chi connectivity index (χ1n) is 5.55. The maximum atomic E-state index is 5.08. The second-order valence-electron chi connectivity index (χ2n) is 4.16. The first-order valence-corrected chi connectivity index (χ1v) is 6.84. The molecule has 84 valence electrons. The first kappa shape index (κ1) is 12.3. The number of hydrogen-bond donors (Lipinski definition) is 1. The number of thioether (sulfide) groups is 1. The van der Waals surface area contributed by atoms with Crippen LogP contribution in [0.3, 0.4) is 0 Å². The third kappa shape index (κ3) is 3.79. The second kappa shape index (κ2) is 6.70. The Morgan fingerprint density at radius 1 is 1.50 bits per heavy atom. The smallest absolute Gasteiger partial charge is 0.0476 e. The average Bonchev–Trinajstić information content (AvgIpc) is 2.62. The molecule has 2 nitrogen and oxygen atoms in total. The molecule has 0 bridgehead atoms. The molecule has 1 aliphatic rings. The van der Waals surface area contributed by atoms with E-state index >= 15 is 0 Å².